The maximum absolute atomic E-state index is 5.60. The molecule has 0 aliphatic carbocycles. The maximum Gasteiger partial charge on any atom is 0.226 e. The summed E-state index contributed by atoms with van der Waals surface area (Å²) in [6, 6.07) is 1.84. The van der Waals surface area contributed by atoms with Crippen molar-refractivity contribution in [2.75, 3.05) is 18.5 Å². The molecule has 0 aromatic carbocycles. The summed E-state index contributed by atoms with van der Waals surface area (Å²) in [5.74, 6) is 1.22. The van der Waals surface area contributed by atoms with E-state index in [-0.39, 0.29) is 11.6 Å². The van der Waals surface area contributed by atoms with E-state index in [1.54, 1.807) is 0 Å². The smallest absolute Gasteiger partial charge is 0.226 e. The first-order valence-electron chi connectivity index (χ1n) is 6.42. The van der Waals surface area contributed by atoms with E-state index in [9.17, 15) is 0 Å². The molecule has 0 amide bonds. The van der Waals surface area contributed by atoms with E-state index in [0.29, 0.717) is 18.4 Å². The molecule has 1 aliphatic heterocycles. The zero-order valence-electron chi connectivity index (χ0n) is 11.5. The van der Waals surface area contributed by atoms with E-state index >= 15 is 0 Å². The molecule has 2 unspecified atom stereocenters. The molecule has 18 heavy (non-hydrogen) atoms. The molecule has 0 bridgehead atoms. The van der Waals surface area contributed by atoms with Crippen LogP contribution in [0, 0.1) is 6.92 Å². The van der Waals surface area contributed by atoms with Crippen LogP contribution in [0.25, 0.3) is 0 Å². The molecule has 2 atom stereocenters. The van der Waals surface area contributed by atoms with Gasteiger partial charge in [-0.3, -0.25) is 0 Å². The molecule has 0 saturated carbocycles. The van der Waals surface area contributed by atoms with Gasteiger partial charge in [-0.25, -0.2) is 4.98 Å². The van der Waals surface area contributed by atoms with Crippen molar-refractivity contribution >= 4 is 5.95 Å². The number of aromatic nitrogens is 2. The van der Waals surface area contributed by atoms with Gasteiger partial charge in [-0.15, -0.1) is 0 Å². The van der Waals surface area contributed by atoms with Gasteiger partial charge in [-0.2, -0.15) is 4.98 Å². The molecule has 5 nitrogen and oxygen atoms in total. The fourth-order valence-electron chi connectivity index (χ4n) is 2.07. The Bertz CT molecular complexity index is 425. The second-order valence-corrected chi connectivity index (χ2v) is 4.91. The molecule has 1 aliphatic rings. The molecule has 1 saturated heterocycles. The summed E-state index contributed by atoms with van der Waals surface area (Å²) in [6.45, 7) is 9.46. The van der Waals surface area contributed by atoms with Crippen LogP contribution in [0.3, 0.4) is 0 Å². The van der Waals surface area contributed by atoms with Gasteiger partial charge in [0.2, 0.25) is 11.8 Å². The molecule has 1 aromatic rings. The minimum atomic E-state index is -0.114. The summed E-state index contributed by atoms with van der Waals surface area (Å²) < 4.78 is 11.0. The molecular weight excluding hydrogens is 230 g/mol. The Morgan fingerprint density at radius 3 is 2.94 bits per heavy atom. The Morgan fingerprint density at radius 1 is 1.56 bits per heavy atom. The van der Waals surface area contributed by atoms with Crippen molar-refractivity contribution in [1.82, 2.24) is 9.97 Å². The summed E-state index contributed by atoms with van der Waals surface area (Å²) >= 11 is 0. The topological polar surface area (TPSA) is 56.3 Å². The minimum absolute atomic E-state index is 0.114. The van der Waals surface area contributed by atoms with Crippen molar-refractivity contribution in [3.8, 4) is 5.88 Å². The number of nitrogens with zero attached hydrogens (tertiary/aromatic N) is 2. The SMILES string of the molecule is CCOc1cc(C)nc(NC2(C)CCOC2C)n1. The van der Waals surface area contributed by atoms with Crippen molar-refractivity contribution < 1.29 is 9.47 Å². The Morgan fingerprint density at radius 2 is 2.33 bits per heavy atom. The molecular formula is C13H21N3O2. The minimum Gasteiger partial charge on any atom is -0.478 e. The van der Waals surface area contributed by atoms with Crippen LogP contribution in [0.4, 0.5) is 5.95 Å². The van der Waals surface area contributed by atoms with E-state index < -0.39 is 0 Å². The fraction of sp³-hybridized carbons (Fsp3) is 0.692. The van der Waals surface area contributed by atoms with Crippen molar-refractivity contribution in [3.05, 3.63) is 11.8 Å². The van der Waals surface area contributed by atoms with Gasteiger partial charge < -0.3 is 14.8 Å². The van der Waals surface area contributed by atoms with Gasteiger partial charge in [0.15, 0.2) is 0 Å². The predicted molar refractivity (Wildman–Crippen MR) is 70.0 cm³/mol. The van der Waals surface area contributed by atoms with E-state index in [0.717, 1.165) is 18.7 Å². The summed E-state index contributed by atoms with van der Waals surface area (Å²) in [4.78, 5) is 8.77. The monoisotopic (exact) mass is 251 g/mol. The van der Waals surface area contributed by atoms with Gasteiger partial charge in [0, 0.05) is 18.4 Å². The van der Waals surface area contributed by atoms with Crippen molar-refractivity contribution in [1.29, 1.82) is 0 Å². The summed E-state index contributed by atoms with van der Waals surface area (Å²) in [5, 5.41) is 3.38. The Kier molecular flexibility index (Phi) is 3.71. The van der Waals surface area contributed by atoms with E-state index in [1.807, 2.05) is 19.9 Å². The van der Waals surface area contributed by atoms with Crippen LogP contribution in [0.15, 0.2) is 6.07 Å². The van der Waals surface area contributed by atoms with Gasteiger partial charge in [0.25, 0.3) is 0 Å². The first-order valence-corrected chi connectivity index (χ1v) is 6.42. The second kappa shape index (κ2) is 5.10. The Labute approximate surface area is 108 Å². The van der Waals surface area contributed by atoms with Crippen LogP contribution in [0.1, 0.15) is 32.9 Å². The number of hydrogen-bond donors (Lipinski definition) is 1. The maximum atomic E-state index is 5.60. The van der Waals surface area contributed by atoms with Gasteiger partial charge >= 0.3 is 0 Å². The first kappa shape index (κ1) is 13.1. The van der Waals surface area contributed by atoms with E-state index in [1.165, 1.54) is 0 Å². The number of ether oxygens (including phenoxy) is 2. The molecule has 100 valence electrons. The molecule has 0 radical (unpaired) electrons. The van der Waals surface area contributed by atoms with Crippen LogP contribution >= 0.6 is 0 Å². The molecule has 2 heterocycles. The number of hydrogen-bond acceptors (Lipinski definition) is 5. The Hall–Kier alpha value is -1.36. The predicted octanol–water partition coefficient (Wildman–Crippen LogP) is 2.16. The molecule has 1 fully saturated rings. The summed E-state index contributed by atoms with van der Waals surface area (Å²) in [7, 11) is 0. The Balaban J connectivity index is 2.18. The van der Waals surface area contributed by atoms with E-state index in [2.05, 4.69) is 29.1 Å². The molecule has 0 spiro atoms. The largest absolute Gasteiger partial charge is 0.478 e. The second-order valence-electron chi connectivity index (χ2n) is 4.91. The lowest BCUT2D eigenvalue weighted by atomic mass is 9.95. The van der Waals surface area contributed by atoms with Crippen LogP contribution in [-0.4, -0.2) is 34.8 Å². The first-order chi connectivity index (χ1) is 8.53. The highest BCUT2D eigenvalue weighted by Crippen LogP contribution is 2.28. The van der Waals surface area contributed by atoms with Crippen LogP contribution < -0.4 is 10.1 Å². The summed E-state index contributed by atoms with van der Waals surface area (Å²) in [5.41, 5.74) is 0.781. The molecule has 2 rings (SSSR count). The quantitative estimate of drug-likeness (QED) is 0.888. The van der Waals surface area contributed by atoms with Gasteiger partial charge in [0.05, 0.1) is 18.2 Å². The van der Waals surface area contributed by atoms with Crippen molar-refractivity contribution in [2.45, 2.75) is 45.8 Å². The number of anilines is 1. The zero-order chi connectivity index (χ0) is 13.2. The van der Waals surface area contributed by atoms with Crippen LogP contribution in [0.2, 0.25) is 0 Å². The third-order valence-electron chi connectivity index (χ3n) is 3.41. The highest BCUT2D eigenvalue weighted by atomic mass is 16.5. The lowest BCUT2D eigenvalue weighted by Gasteiger charge is -2.29. The van der Waals surface area contributed by atoms with Gasteiger partial charge in [0.1, 0.15) is 0 Å². The summed E-state index contributed by atoms with van der Waals surface area (Å²) in [6.07, 6.45) is 1.10. The van der Waals surface area contributed by atoms with Crippen molar-refractivity contribution in [2.24, 2.45) is 0 Å². The van der Waals surface area contributed by atoms with E-state index in [4.69, 9.17) is 9.47 Å². The third-order valence-corrected chi connectivity index (χ3v) is 3.41. The van der Waals surface area contributed by atoms with Gasteiger partial charge in [-0.1, -0.05) is 0 Å². The number of nitrogens with one attached hydrogen (secondary N) is 1. The number of rotatable bonds is 4. The average molecular weight is 251 g/mol. The lowest BCUT2D eigenvalue weighted by Crippen LogP contribution is -2.41. The van der Waals surface area contributed by atoms with Crippen LogP contribution in [0.5, 0.6) is 5.88 Å². The fourth-order valence-corrected chi connectivity index (χ4v) is 2.07. The number of aryl methyl sites for hydroxylation is 1. The standard InChI is InChI=1S/C13H21N3O2/c1-5-17-11-8-9(2)14-12(15-11)16-13(4)6-7-18-10(13)3/h8,10H,5-7H2,1-4H3,(H,14,15,16). The zero-order valence-corrected chi connectivity index (χ0v) is 11.5. The molecule has 5 heteroatoms. The highest BCUT2D eigenvalue weighted by molar-refractivity contribution is 5.34. The average Bonchev–Trinajstić information content (AvgIpc) is 2.58. The van der Waals surface area contributed by atoms with Gasteiger partial charge in [-0.05, 0) is 34.1 Å². The lowest BCUT2D eigenvalue weighted by molar-refractivity contribution is 0.105. The third kappa shape index (κ3) is 2.72. The normalized spacial score (nSPS) is 27.2. The molecule has 1 aromatic heterocycles. The molecule has 1 N–H and O–H groups in total. The van der Waals surface area contributed by atoms with Crippen LogP contribution in [-0.2, 0) is 4.74 Å². The van der Waals surface area contributed by atoms with Crippen molar-refractivity contribution in [3.63, 3.8) is 0 Å². The highest BCUT2D eigenvalue weighted by Gasteiger charge is 2.37.